The summed E-state index contributed by atoms with van der Waals surface area (Å²) >= 11 is 0. The number of piperazine rings is 1. The molecular formula is C13H24N4. The van der Waals surface area contributed by atoms with Crippen LogP contribution in [0.4, 0.5) is 5.69 Å². The summed E-state index contributed by atoms with van der Waals surface area (Å²) in [6.07, 6.45) is 5.29. The standard InChI is InChI=1S/C13H24N4/c1-5-13(4)10-17(11(3)7-14-13)12-8-15-16(6-2)9-12/h8-9,11,14H,5-7,10H2,1-4H3. The fourth-order valence-electron chi connectivity index (χ4n) is 2.35. The molecule has 0 radical (unpaired) electrons. The molecule has 96 valence electrons. The second-order valence-corrected chi connectivity index (χ2v) is 5.33. The molecular weight excluding hydrogens is 212 g/mol. The maximum absolute atomic E-state index is 4.37. The lowest BCUT2D eigenvalue weighted by Gasteiger charge is -2.45. The minimum absolute atomic E-state index is 0.223. The van der Waals surface area contributed by atoms with Crippen molar-refractivity contribution in [3.63, 3.8) is 0 Å². The van der Waals surface area contributed by atoms with Crippen molar-refractivity contribution in [1.29, 1.82) is 0 Å². The van der Waals surface area contributed by atoms with E-state index in [4.69, 9.17) is 0 Å². The van der Waals surface area contributed by atoms with Gasteiger partial charge in [0.05, 0.1) is 11.9 Å². The molecule has 2 atom stereocenters. The van der Waals surface area contributed by atoms with Crippen molar-refractivity contribution >= 4 is 5.69 Å². The van der Waals surface area contributed by atoms with Crippen LogP contribution in [0.2, 0.25) is 0 Å². The smallest absolute Gasteiger partial charge is 0.0755 e. The maximum atomic E-state index is 4.37. The number of hydrogen-bond acceptors (Lipinski definition) is 3. The lowest BCUT2D eigenvalue weighted by Crippen LogP contribution is -2.62. The third-order valence-corrected chi connectivity index (χ3v) is 3.93. The Hall–Kier alpha value is -1.03. The number of anilines is 1. The second-order valence-electron chi connectivity index (χ2n) is 5.33. The van der Waals surface area contributed by atoms with Gasteiger partial charge < -0.3 is 10.2 Å². The molecule has 0 spiro atoms. The predicted molar refractivity (Wildman–Crippen MR) is 71.4 cm³/mol. The molecule has 2 unspecified atom stereocenters. The van der Waals surface area contributed by atoms with Crippen LogP contribution < -0.4 is 10.2 Å². The van der Waals surface area contributed by atoms with Crippen LogP contribution in [0.15, 0.2) is 12.4 Å². The fourth-order valence-corrected chi connectivity index (χ4v) is 2.35. The summed E-state index contributed by atoms with van der Waals surface area (Å²) in [4.78, 5) is 2.47. The van der Waals surface area contributed by atoms with Gasteiger partial charge in [-0.15, -0.1) is 0 Å². The molecule has 1 aliphatic heterocycles. The molecule has 0 amide bonds. The Bertz CT molecular complexity index is 373. The lowest BCUT2D eigenvalue weighted by molar-refractivity contribution is 0.285. The van der Waals surface area contributed by atoms with Gasteiger partial charge in [0.1, 0.15) is 0 Å². The van der Waals surface area contributed by atoms with E-state index < -0.39 is 0 Å². The Morgan fingerprint density at radius 1 is 1.53 bits per heavy atom. The molecule has 1 N–H and O–H groups in total. The average Bonchev–Trinajstić information content (AvgIpc) is 2.81. The summed E-state index contributed by atoms with van der Waals surface area (Å²) in [6.45, 7) is 12.0. The Morgan fingerprint density at radius 2 is 2.29 bits per heavy atom. The van der Waals surface area contributed by atoms with Crippen LogP contribution in [0, 0.1) is 0 Å². The van der Waals surface area contributed by atoms with Gasteiger partial charge in [0.15, 0.2) is 0 Å². The van der Waals surface area contributed by atoms with Crippen LogP contribution in [0.1, 0.15) is 34.1 Å². The first-order valence-corrected chi connectivity index (χ1v) is 6.62. The normalized spacial score (nSPS) is 29.6. The molecule has 0 aliphatic carbocycles. The van der Waals surface area contributed by atoms with Gasteiger partial charge in [-0.1, -0.05) is 6.92 Å². The highest BCUT2D eigenvalue weighted by molar-refractivity contribution is 5.45. The van der Waals surface area contributed by atoms with Crippen LogP contribution in [-0.4, -0.2) is 34.5 Å². The largest absolute Gasteiger partial charge is 0.363 e. The third-order valence-electron chi connectivity index (χ3n) is 3.93. The van der Waals surface area contributed by atoms with Crippen molar-refractivity contribution < 1.29 is 0 Å². The Balaban J connectivity index is 2.17. The van der Waals surface area contributed by atoms with Gasteiger partial charge in [0.25, 0.3) is 0 Å². The zero-order valence-corrected chi connectivity index (χ0v) is 11.4. The van der Waals surface area contributed by atoms with E-state index in [9.17, 15) is 0 Å². The zero-order chi connectivity index (χ0) is 12.5. The number of nitrogens with one attached hydrogen (secondary N) is 1. The molecule has 1 aromatic rings. The zero-order valence-electron chi connectivity index (χ0n) is 11.4. The van der Waals surface area contributed by atoms with Gasteiger partial charge >= 0.3 is 0 Å². The van der Waals surface area contributed by atoms with Crippen LogP contribution in [-0.2, 0) is 6.54 Å². The first kappa shape index (κ1) is 12.4. The highest BCUT2D eigenvalue weighted by Crippen LogP contribution is 2.24. The third kappa shape index (κ3) is 2.46. The number of nitrogens with zero attached hydrogens (tertiary/aromatic N) is 3. The van der Waals surface area contributed by atoms with E-state index in [1.165, 1.54) is 5.69 Å². The minimum Gasteiger partial charge on any atom is -0.363 e. The van der Waals surface area contributed by atoms with Gasteiger partial charge in [-0.25, -0.2) is 0 Å². The van der Waals surface area contributed by atoms with Crippen LogP contribution in [0.5, 0.6) is 0 Å². The van der Waals surface area contributed by atoms with Crippen molar-refractivity contribution in [2.45, 2.75) is 52.2 Å². The highest BCUT2D eigenvalue weighted by Gasteiger charge is 2.33. The van der Waals surface area contributed by atoms with E-state index in [0.29, 0.717) is 6.04 Å². The molecule has 4 nitrogen and oxygen atoms in total. The average molecular weight is 236 g/mol. The molecule has 0 aromatic carbocycles. The van der Waals surface area contributed by atoms with Crippen molar-refractivity contribution in [1.82, 2.24) is 15.1 Å². The summed E-state index contributed by atoms with van der Waals surface area (Å²) in [6, 6.07) is 0.532. The molecule has 4 heteroatoms. The number of aromatic nitrogens is 2. The van der Waals surface area contributed by atoms with Gasteiger partial charge in [-0.3, -0.25) is 4.68 Å². The van der Waals surface area contributed by atoms with Crippen LogP contribution >= 0.6 is 0 Å². The molecule has 1 saturated heterocycles. The first-order chi connectivity index (χ1) is 8.08. The molecule has 0 saturated carbocycles. The Kier molecular flexibility index (Phi) is 3.43. The number of aryl methyl sites for hydroxylation is 1. The van der Waals surface area contributed by atoms with Crippen molar-refractivity contribution in [3.8, 4) is 0 Å². The van der Waals surface area contributed by atoms with Crippen molar-refractivity contribution in [2.75, 3.05) is 18.0 Å². The summed E-state index contributed by atoms with van der Waals surface area (Å²) in [5.41, 5.74) is 1.47. The van der Waals surface area contributed by atoms with Gasteiger partial charge in [-0.2, -0.15) is 5.10 Å². The van der Waals surface area contributed by atoms with E-state index in [-0.39, 0.29) is 5.54 Å². The van der Waals surface area contributed by atoms with Crippen molar-refractivity contribution in [3.05, 3.63) is 12.4 Å². The summed E-state index contributed by atoms with van der Waals surface area (Å²) < 4.78 is 1.99. The molecule has 1 aliphatic rings. The molecule has 2 rings (SSSR count). The number of rotatable bonds is 3. The summed E-state index contributed by atoms with van der Waals surface area (Å²) in [5, 5.41) is 8.02. The monoisotopic (exact) mass is 236 g/mol. The van der Waals surface area contributed by atoms with Gasteiger partial charge in [0, 0.05) is 37.4 Å². The topological polar surface area (TPSA) is 33.1 Å². The molecule has 1 fully saturated rings. The SMILES string of the molecule is CCn1cc(N2CC(C)(CC)NCC2C)cn1. The van der Waals surface area contributed by atoms with Crippen LogP contribution in [0.25, 0.3) is 0 Å². The fraction of sp³-hybridized carbons (Fsp3) is 0.769. The molecule has 1 aromatic heterocycles. The Morgan fingerprint density at radius 3 is 2.88 bits per heavy atom. The van der Waals surface area contributed by atoms with Gasteiger partial charge in [-0.05, 0) is 27.2 Å². The molecule has 17 heavy (non-hydrogen) atoms. The number of hydrogen-bond donors (Lipinski definition) is 1. The van der Waals surface area contributed by atoms with E-state index in [0.717, 1.165) is 26.1 Å². The van der Waals surface area contributed by atoms with E-state index >= 15 is 0 Å². The van der Waals surface area contributed by atoms with E-state index in [1.54, 1.807) is 0 Å². The quantitative estimate of drug-likeness (QED) is 0.869. The summed E-state index contributed by atoms with van der Waals surface area (Å²) in [7, 11) is 0. The van der Waals surface area contributed by atoms with E-state index in [1.807, 2.05) is 10.9 Å². The van der Waals surface area contributed by atoms with Crippen LogP contribution in [0.3, 0.4) is 0 Å². The molecule has 0 bridgehead atoms. The second kappa shape index (κ2) is 4.69. The van der Waals surface area contributed by atoms with E-state index in [2.05, 4.69) is 49.2 Å². The Labute approximate surface area is 104 Å². The van der Waals surface area contributed by atoms with Gasteiger partial charge in [0.2, 0.25) is 0 Å². The highest BCUT2D eigenvalue weighted by atomic mass is 15.3. The lowest BCUT2D eigenvalue weighted by atomic mass is 9.93. The first-order valence-electron chi connectivity index (χ1n) is 6.62. The van der Waals surface area contributed by atoms with Crippen molar-refractivity contribution in [2.24, 2.45) is 0 Å². The molecule has 2 heterocycles. The predicted octanol–water partition coefficient (Wildman–Crippen LogP) is 1.87. The minimum atomic E-state index is 0.223. The summed E-state index contributed by atoms with van der Waals surface area (Å²) in [5.74, 6) is 0. The maximum Gasteiger partial charge on any atom is 0.0755 e.